The molecule has 0 fully saturated rings. The van der Waals surface area contributed by atoms with Crippen molar-refractivity contribution in [1.82, 2.24) is 10.6 Å². The third-order valence-electron chi connectivity index (χ3n) is 3.00. The number of hydrogen-bond donors (Lipinski definition) is 3. The molecule has 18 heavy (non-hydrogen) atoms. The fraction of sp³-hybridized carbons (Fsp3) is 0.500. The summed E-state index contributed by atoms with van der Waals surface area (Å²) in [6.07, 6.45) is -0.510. The lowest BCUT2D eigenvalue weighted by Crippen LogP contribution is -2.39. The lowest BCUT2D eigenvalue weighted by atomic mass is 10.0. The highest BCUT2D eigenvalue weighted by Crippen LogP contribution is 2.16. The molecule has 4 heteroatoms. The smallest absolute Gasteiger partial charge is 0.191 e. The van der Waals surface area contributed by atoms with E-state index in [0.717, 1.165) is 18.1 Å². The molecule has 0 aromatic heterocycles. The van der Waals surface area contributed by atoms with Crippen molar-refractivity contribution < 1.29 is 5.11 Å². The number of guanidine groups is 1. The van der Waals surface area contributed by atoms with Crippen LogP contribution in [0.2, 0.25) is 0 Å². The Balaban J connectivity index is 1.93. The molecule has 0 bridgehead atoms. The summed E-state index contributed by atoms with van der Waals surface area (Å²) in [6.45, 7) is 7.43. The quantitative estimate of drug-likeness (QED) is 0.754. The normalized spacial score (nSPS) is 20.2. The maximum absolute atomic E-state index is 10.2. The number of aliphatic hydroxyl groups excluding tert-OH is 1. The van der Waals surface area contributed by atoms with E-state index in [-0.39, 0.29) is 0 Å². The van der Waals surface area contributed by atoms with Gasteiger partial charge in [-0.1, -0.05) is 29.3 Å². The van der Waals surface area contributed by atoms with Crippen LogP contribution in [0.3, 0.4) is 0 Å². The van der Waals surface area contributed by atoms with E-state index in [0.29, 0.717) is 12.6 Å². The van der Waals surface area contributed by atoms with Gasteiger partial charge in [-0.3, -0.25) is 4.99 Å². The topological polar surface area (TPSA) is 56.6 Å². The molecule has 1 aromatic rings. The lowest BCUT2D eigenvalue weighted by Gasteiger charge is -2.15. The number of aliphatic imine (C=N–C) groups is 1. The van der Waals surface area contributed by atoms with Crippen molar-refractivity contribution in [2.45, 2.75) is 32.9 Å². The molecule has 98 valence electrons. The summed E-state index contributed by atoms with van der Waals surface area (Å²) in [5.41, 5.74) is 3.30. The Morgan fingerprint density at radius 1 is 1.39 bits per heavy atom. The molecule has 0 amide bonds. The second-order valence-corrected chi connectivity index (χ2v) is 5.05. The molecule has 0 radical (unpaired) electrons. The van der Waals surface area contributed by atoms with Crippen molar-refractivity contribution >= 4 is 5.96 Å². The van der Waals surface area contributed by atoms with E-state index in [9.17, 15) is 5.11 Å². The predicted molar refractivity (Wildman–Crippen MR) is 73.8 cm³/mol. The van der Waals surface area contributed by atoms with Gasteiger partial charge in [0.05, 0.1) is 12.6 Å². The third-order valence-corrected chi connectivity index (χ3v) is 3.00. The monoisotopic (exact) mass is 247 g/mol. The van der Waals surface area contributed by atoms with Crippen molar-refractivity contribution in [1.29, 1.82) is 0 Å². The van der Waals surface area contributed by atoms with Crippen LogP contribution < -0.4 is 10.6 Å². The van der Waals surface area contributed by atoms with Crippen molar-refractivity contribution in [3.8, 4) is 0 Å². The standard InChI is InChI=1S/C14H21N3O/c1-9-4-10(2)6-12(5-9)13(18)8-16-14-15-7-11(3)17-14/h4-6,11,13,18H,7-8H2,1-3H3,(H2,15,16,17). The number of hydrogen-bond acceptors (Lipinski definition) is 4. The number of aliphatic hydroxyl groups is 1. The van der Waals surface area contributed by atoms with E-state index in [1.165, 1.54) is 11.1 Å². The van der Waals surface area contributed by atoms with Crippen molar-refractivity contribution in [3.05, 3.63) is 34.9 Å². The molecule has 4 nitrogen and oxygen atoms in total. The first-order chi connectivity index (χ1) is 8.54. The van der Waals surface area contributed by atoms with E-state index in [1.54, 1.807) is 0 Å². The number of aryl methyl sites for hydroxylation is 2. The molecule has 1 aliphatic heterocycles. The second kappa shape index (κ2) is 5.40. The minimum absolute atomic E-state index is 0.380. The van der Waals surface area contributed by atoms with Crippen LogP contribution in [0.5, 0.6) is 0 Å². The highest BCUT2D eigenvalue weighted by atomic mass is 16.3. The van der Waals surface area contributed by atoms with Crippen LogP contribution in [0, 0.1) is 13.8 Å². The van der Waals surface area contributed by atoms with Gasteiger partial charge in [-0.05, 0) is 26.3 Å². The first-order valence-corrected chi connectivity index (χ1v) is 6.35. The SMILES string of the molecule is Cc1cc(C)cc(C(O)CNC2=NCC(C)N2)c1. The largest absolute Gasteiger partial charge is 0.387 e. The zero-order valence-corrected chi connectivity index (χ0v) is 11.2. The van der Waals surface area contributed by atoms with Gasteiger partial charge in [0.25, 0.3) is 0 Å². The Kier molecular flexibility index (Phi) is 3.87. The molecule has 0 spiro atoms. The predicted octanol–water partition coefficient (Wildman–Crippen LogP) is 1.27. The zero-order chi connectivity index (χ0) is 13.1. The Morgan fingerprint density at radius 3 is 2.61 bits per heavy atom. The zero-order valence-electron chi connectivity index (χ0n) is 11.2. The van der Waals surface area contributed by atoms with Gasteiger partial charge in [0.2, 0.25) is 0 Å². The van der Waals surface area contributed by atoms with Gasteiger partial charge < -0.3 is 15.7 Å². The van der Waals surface area contributed by atoms with E-state index < -0.39 is 6.10 Å². The summed E-state index contributed by atoms with van der Waals surface area (Å²) in [5, 5.41) is 16.5. The minimum Gasteiger partial charge on any atom is -0.387 e. The molecule has 0 saturated carbocycles. The summed E-state index contributed by atoms with van der Waals surface area (Å²) < 4.78 is 0. The molecule has 2 rings (SSSR count). The maximum atomic E-state index is 10.2. The summed E-state index contributed by atoms with van der Waals surface area (Å²) in [7, 11) is 0. The van der Waals surface area contributed by atoms with Crippen LogP contribution in [0.4, 0.5) is 0 Å². The summed E-state index contributed by atoms with van der Waals surface area (Å²) in [6, 6.07) is 6.52. The van der Waals surface area contributed by atoms with E-state index in [4.69, 9.17) is 0 Å². The number of benzene rings is 1. The minimum atomic E-state index is -0.510. The highest BCUT2D eigenvalue weighted by molar-refractivity contribution is 5.81. The Bertz CT molecular complexity index is 436. The summed E-state index contributed by atoms with van der Waals surface area (Å²) in [5.74, 6) is 0.783. The van der Waals surface area contributed by atoms with Gasteiger partial charge in [-0.25, -0.2) is 0 Å². The summed E-state index contributed by atoms with van der Waals surface area (Å²) in [4.78, 5) is 4.30. The number of nitrogens with one attached hydrogen (secondary N) is 2. The van der Waals surface area contributed by atoms with Gasteiger partial charge in [-0.15, -0.1) is 0 Å². The van der Waals surface area contributed by atoms with Gasteiger partial charge >= 0.3 is 0 Å². The van der Waals surface area contributed by atoms with Crippen LogP contribution >= 0.6 is 0 Å². The first kappa shape index (κ1) is 12.9. The molecular formula is C14H21N3O. The molecule has 2 unspecified atom stereocenters. The Hall–Kier alpha value is -1.55. The van der Waals surface area contributed by atoms with Crippen LogP contribution in [0.1, 0.15) is 29.7 Å². The molecule has 0 saturated heterocycles. The van der Waals surface area contributed by atoms with E-state index >= 15 is 0 Å². The Morgan fingerprint density at radius 2 is 2.06 bits per heavy atom. The van der Waals surface area contributed by atoms with Crippen LogP contribution in [-0.2, 0) is 0 Å². The highest BCUT2D eigenvalue weighted by Gasteiger charge is 2.14. The van der Waals surface area contributed by atoms with Crippen molar-refractivity contribution in [2.75, 3.05) is 13.1 Å². The fourth-order valence-electron chi connectivity index (χ4n) is 2.17. The second-order valence-electron chi connectivity index (χ2n) is 5.05. The van der Waals surface area contributed by atoms with Crippen molar-refractivity contribution in [3.63, 3.8) is 0 Å². The van der Waals surface area contributed by atoms with Crippen LogP contribution in [0.15, 0.2) is 23.2 Å². The number of rotatable bonds is 3. The van der Waals surface area contributed by atoms with Gasteiger partial charge in [0.1, 0.15) is 0 Å². The molecule has 1 aliphatic rings. The van der Waals surface area contributed by atoms with Crippen molar-refractivity contribution in [2.24, 2.45) is 4.99 Å². The Labute approximate surface area is 108 Å². The average Bonchev–Trinajstić information content (AvgIpc) is 2.70. The van der Waals surface area contributed by atoms with Gasteiger partial charge in [0.15, 0.2) is 5.96 Å². The molecule has 1 aromatic carbocycles. The molecule has 0 aliphatic carbocycles. The number of nitrogens with zero attached hydrogens (tertiary/aromatic N) is 1. The van der Waals surface area contributed by atoms with Gasteiger partial charge in [0, 0.05) is 12.6 Å². The maximum Gasteiger partial charge on any atom is 0.191 e. The van der Waals surface area contributed by atoms with E-state index in [2.05, 4.69) is 28.6 Å². The first-order valence-electron chi connectivity index (χ1n) is 6.35. The van der Waals surface area contributed by atoms with Crippen LogP contribution in [-0.4, -0.2) is 30.2 Å². The molecule has 2 atom stereocenters. The van der Waals surface area contributed by atoms with Crippen LogP contribution in [0.25, 0.3) is 0 Å². The fourth-order valence-corrected chi connectivity index (χ4v) is 2.17. The lowest BCUT2D eigenvalue weighted by molar-refractivity contribution is 0.181. The average molecular weight is 247 g/mol. The molecular weight excluding hydrogens is 226 g/mol. The van der Waals surface area contributed by atoms with Gasteiger partial charge in [-0.2, -0.15) is 0 Å². The van der Waals surface area contributed by atoms with E-state index in [1.807, 2.05) is 26.0 Å². The summed E-state index contributed by atoms with van der Waals surface area (Å²) >= 11 is 0. The molecule has 1 heterocycles. The molecule has 3 N–H and O–H groups in total. The third kappa shape index (κ3) is 3.23.